The number of para-hydroxylation sites is 2. The Morgan fingerprint density at radius 3 is 1.47 bits per heavy atom. The lowest BCUT2D eigenvalue weighted by atomic mass is 9.66. The van der Waals surface area contributed by atoms with Crippen molar-refractivity contribution in [1.29, 1.82) is 0 Å². The van der Waals surface area contributed by atoms with E-state index in [9.17, 15) is 5.11 Å². The zero-order valence-corrected chi connectivity index (χ0v) is 19.9. The first-order chi connectivity index (χ1) is 15.1. The smallest absolute Gasteiger partial charge is 0.164 e. The molecule has 3 aliphatic rings. The fourth-order valence-corrected chi connectivity index (χ4v) is 6.14. The molecule has 5 rings (SSSR count). The van der Waals surface area contributed by atoms with Crippen LogP contribution >= 0.6 is 0 Å². The number of hydrogen-bond donors (Lipinski definition) is 0. The van der Waals surface area contributed by atoms with Crippen LogP contribution in [-0.4, -0.2) is 31.4 Å². The highest BCUT2D eigenvalue weighted by molar-refractivity contribution is 5.71. The van der Waals surface area contributed by atoms with Crippen molar-refractivity contribution >= 4 is 11.4 Å². The first-order valence-electron chi connectivity index (χ1n) is 11.5. The lowest BCUT2D eigenvalue weighted by Crippen LogP contribution is -2.61. The molecular formula is C28H34N2O2. The predicted octanol–water partition coefficient (Wildman–Crippen LogP) is 3.68. The van der Waals surface area contributed by atoms with Crippen LogP contribution in [0.1, 0.15) is 38.8 Å². The second kappa shape index (κ2) is 6.97. The first kappa shape index (κ1) is 21.3. The van der Waals surface area contributed by atoms with Crippen molar-refractivity contribution in [3.05, 3.63) is 83.2 Å². The van der Waals surface area contributed by atoms with E-state index < -0.39 is 12.2 Å². The summed E-state index contributed by atoms with van der Waals surface area (Å²) >= 11 is 0. The molecule has 2 aromatic rings. The van der Waals surface area contributed by atoms with Gasteiger partial charge in [-0.2, -0.15) is 0 Å². The molecule has 0 saturated heterocycles. The van der Waals surface area contributed by atoms with E-state index >= 15 is 0 Å². The fourth-order valence-electron chi connectivity index (χ4n) is 6.14. The Hall–Kier alpha value is -2.56. The molecule has 4 unspecified atom stereocenters. The molecule has 0 amide bonds. The van der Waals surface area contributed by atoms with Crippen LogP contribution in [0, 0.1) is 11.8 Å². The van der Waals surface area contributed by atoms with E-state index in [0.29, 0.717) is 0 Å². The van der Waals surface area contributed by atoms with Gasteiger partial charge in [-0.1, -0.05) is 82.3 Å². The van der Waals surface area contributed by atoms with Crippen molar-refractivity contribution in [3.8, 4) is 0 Å². The third-order valence-electron chi connectivity index (χ3n) is 8.17. The van der Waals surface area contributed by atoms with Crippen LogP contribution in [0.2, 0.25) is 0 Å². The standard InChI is InChI=1S/C28H33N2O2/c1-27(2)19-11-7-9-13-21(19)29(5)23(27)15-17-25(31)18(26(17)32)16-24-28(3,4)20-12-8-10-14-22(20)30(24)6/h7-18,25-26,31H,1-6H3/q-1/p+1/b23-15-,24-16+. The van der Waals surface area contributed by atoms with E-state index in [1.165, 1.54) is 22.5 Å². The maximum atomic E-state index is 13.4. The number of anilines is 2. The molecule has 4 atom stereocenters. The summed E-state index contributed by atoms with van der Waals surface area (Å²) in [7, 11) is 4.15. The quantitative estimate of drug-likeness (QED) is 0.683. The van der Waals surface area contributed by atoms with Crippen LogP contribution in [0.25, 0.3) is 0 Å². The van der Waals surface area contributed by atoms with E-state index in [-0.39, 0.29) is 22.7 Å². The normalized spacial score (nSPS) is 32.2. The Balaban J connectivity index is 1.43. The molecule has 1 saturated carbocycles. The average molecular weight is 431 g/mol. The summed E-state index contributed by atoms with van der Waals surface area (Å²) in [5.41, 5.74) is 6.89. The van der Waals surface area contributed by atoms with Gasteiger partial charge in [0.15, 0.2) is 6.10 Å². The molecule has 0 aromatic heterocycles. The molecule has 0 bridgehead atoms. The summed E-state index contributed by atoms with van der Waals surface area (Å²) in [5.74, 6) is -0.555. The highest BCUT2D eigenvalue weighted by Gasteiger charge is 2.49. The molecule has 2 aliphatic heterocycles. The van der Waals surface area contributed by atoms with Gasteiger partial charge in [0, 0.05) is 59.5 Å². The number of likely N-dealkylation sites (N-methyl/N-ethyl adjacent to an activating group) is 2. The van der Waals surface area contributed by atoms with Crippen molar-refractivity contribution in [1.82, 2.24) is 0 Å². The third-order valence-corrected chi connectivity index (χ3v) is 8.17. The van der Waals surface area contributed by atoms with Gasteiger partial charge in [-0.25, -0.2) is 0 Å². The van der Waals surface area contributed by atoms with Crippen molar-refractivity contribution in [2.75, 3.05) is 23.9 Å². The Morgan fingerprint density at radius 2 is 1.12 bits per heavy atom. The molecule has 1 fully saturated rings. The summed E-state index contributed by atoms with van der Waals surface area (Å²) in [6.45, 7) is 8.85. The molecule has 1 aliphatic carbocycles. The largest absolute Gasteiger partial charge is 0.851 e. The lowest BCUT2D eigenvalue weighted by molar-refractivity contribution is -0.473. The van der Waals surface area contributed by atoms with Gasteiger partial charge in [-0.15, -0.1) is 0 Å². The topological polar surface area (TPSA) is 52.4 Å². The van der Waals surface area contributed by atoms with E-state index in [1.807, 2.05) is 0 Å². The van der Waals surface area contributed by atoms with Crippen LogP contribution in [0.4, 0.5) is 11.4 Å². The summed E-state index contributed by atoms with van der Waals surface area (Å²) in [4.78, 5) is 4.40. The number of benzene rings is 2. The maximum absolute atomic E-state index is 13.4. The zero-order valence-electron chi connectivity index (χ0n) is 19.9. The summed E-state index contributed by atoms with van der Waals surface area (Å²) in [5, 5.41) is 22.2. The predicted molar refractivity (Wildman–Crippen MR) is 130 cm³/mol. The monoisotopic (exact) mass is 430 g/mol. The van der Waals surface area contributed by atoms with Crippen molar-refractivity contribution in [2.24, 2.45) is 11.8 Å². The van der Waals surface area contributed by atoms with Gasteiger partial charge < -0.3 is 20.0 Å². The van der Waals surface area contributed by atoms with E-state index in [2.05, 4.69) is 112 Å². The minimum absolute atomic E-state index is 0.163. The Kier molecular flexibility index (Phi) is 4.64. The average Bonchev–Trinajstić information content (AvgIpc) is 3.09. The van der Waals surface area contributed by atoms with Crippen LogP contribution in [0.5, 0.6) is 0 Å². The molecule has 4 nitrogen and oxygen atoms in total. The van der Waals surface area contributed by atoms with Gasteiger partial charge in [0.2, 0.25) is 0 Å². The molecule has 2 heterocycles. The van der Waals surface area contributed by atoms with Crippen LogP contribution < -0.4 is 14.9 Å². The second-order valence-electron chi connectivity index (χ2n) is 10.7. The number of allylic oxidation sites excluding steroid dienone is 2. The molecule has 168 valence electrons. The van der Waals surface area contributed by atoms with Crippen molar-refractivity contribution in [3.63, 3.8) is 0 Å². The number of rotatable bonds is 2. The third kappa shape index (κ3) is 2.76. The van der Waals surface area contributed by atoms with E-state index in [4.69, 9.17) is 5.11 Å². The summed E-state index contributed by atoms with van der Waals surface area (Å²) < 4.78 is 0. The molecular weight excluding hydrogens is 396 g/mol. The van der Waals surface area contributed by atoms with Crippen LogP contribution in [-0.2, 0) is 10.8 Å². The van der Waals surface area contributed by atoms with Gasteiger partial charge in [-0.05, 0) is 23.3 Å². The molecule has 32 heavy (non-hydrogen) atoms. The Bertz CT molecular complexity index is 1030. The van der Waals surface area contributed by atoms with Crippen molar-refractivity contribution in [2.45, 2.75) is 50.7 Å². The number of fused-ring (bicyclic) bond motifs is 2. The molecule has 0 radical (unpaired) electrons. The summed E-state index contributed by atoms with van der Waals surface area (Å²) in [6.07, 6.45) is 2.99. The van der Waals surface area contributed by atoms with E-state index in [1.54, 1.807) is 0 Å². The van der Waals surface area contributed by atoms with Gasteiger partial charge in [0.25, 0.3) is 0 Å². The molecule has 2 N–H and O–H groups in total. The van der Waals surface area contributed by atoms with Crippen LogP contribution in [0.15, 0.2) is 72.1 Å². The minimum atomic E-state index is -0.793. The highest BCUT2D eigenvalue weighted by atomic mass is 16.3. The number of nitrogens with zero attached hydrogens (tertiary/aromatic N) is 2. The summed E-state index contributed by atoms with van der Waals surface area (Å²) in [6, 6.07) is 16.9. The van der Waals surface area contributed by atoms with Crippen LogP contribution in [0.3, 0.4) is 0 Å². The second-order valence-corrected chi connectivity index (χ2v) is 10.7. The maximum Gasteiger partial charge on any atom is 0.164 e. The van der Waals surface area contributed by atoms with Gasteiger partial charge in [0.1, 0.15) is 0 Å². The SMILES string of the molecule is CN1/C(=C\C2C([O-])C(/C=C3/N(C)c4ccccc4C3(C)C)C2[OH2+])C(C)(C)c2ccccc21. The zero-order chi connectivity index (χ0) is 23.0. The van der Waals surface area contributed by atoms with Gasteiger partial charge in [0.05, 0.1) is 0 Å². The lowest BCUT2D eigenvalue weighted by Gasteiger charge is -2.50. The fraction of sp³-hybridized carbons (Fsp3) is 0.429. The molecule has 2 aromatic carbocycles. The Morgan fingerprint density at radius 1 is 0.750 bits per heavy atom. The van der Waals surface area contributed by atoms with E-state index in [0.717, 1.165) is 11.4 Å². The molecule has 4 heteroatoms. The Labute approximate surface area is 191 Å². The molecule has 0 spiro atoms. The highest BCUT2D eigenvalue weighted by Crippen LogP contribution is 2.51. The first-order valence-corrected chi connectivity index (χ1v) is 11.5. The van der Waals surface area contributed by atoms with Gasteiger partial charge >= 0.3 is 0 Å². The minimum Gasteiger partial charge on any atom is -0.851 e. The number of hydrogen-bond acceptors (Lipinski definition) is 3. The van der Waals surface area contributed by atoms with Gasteiger partial charge in [-0.3, -0.25) is 0 Å². The van der Waals surface area contributed by atoms with Crippen molar-refractivity contribution < 1.29 is 10.2 Å².